The second-order valence-corrected chi connectivity index (χ2v) is 8.16. The molecule has 0 aliphatic rings. The van der Waals surface area contributed by atoms with Crippen LogP contribution < -0.4 is 0 Å². The van der Waals surface area contributed by atoms with Gasteiger partial charge >= 0.3 is 0 Å². The zero-order valence-corrected chi connectivity index (χ0v) is 18.2. The number of Topliss-reactive ketones (excluding diaryl/α,β-unsaturated/α-hetero) is 1. The van der Waals surface area contributed by atoms with Crippen molar-refractivity contribution >= 4 is 5.78 Å². The quantitative estimate of drug-likeness (QED) is 0.147. The first-order valence-corrected chi connectivity index (χ1v) is 11.9. The second kappa shape index (κ2) is 22.5. The molecule has 0 radical (unpaired) electrons. The first-order chi connectivity index (χ1) is 12.8. The van der Waals surface area contributed by atoms with Crippen LogP contribution >= 0.6 is 0 Å². The lowest BCUT2D eigenvalue weighted by atomic mass is 10.0. The number of hydrogen-bond donors (Lipinski definition) is 0. The summed E-state index contributed by atoms with van der Waals surface area (Å²) in [5.74, 6) is 0.346. The SMILES string of the molecule is CCCCCCCC/C=C\CCCCCCCCCCCCCC(C)=O. The van der Waals surface area contributed by atoms with Crippen LogP contribution in [0.2, 0.25) is 0 Å². The average Bonchev–Trinajstić information content (AvgIpc) is 2.62. The zero-order chi connectivity index (χ0) is 19.1. The fourth-order valence-electron chi connectivity index (χ4n) is 3.51. The number of carbonyl (C=O) groups excluding carboxylic acids is 1. The van der Waals surface area contributed by atoms with Gasteiger partial charge in [0.05, 0.1) is 0 Å². The van der Waals surface area contributed by atoms with Gasteiger partial charge in [-0.15, -0.1) is 0 Å². The lowest BCUT2D eigenvalue weighted by molar-refractivity contribution is -0.117. The molecule has 0 aromatic heterocycles. The normalized spacial score (nSPS) is 11.5. The number of hydrogen-bond acceptors (Lipinski definition) is 1. The molecule has 0 aliphatic carbocycles. The van der Waals surface area contributed by atoms with Gasteiger partial charge in [-0.1, -0.05) is 109 Å². The molecule has 0 spiro atoms. The maximum atomic E-state index is 10.8. The van der Waals surface area contributed by atoms with Crippen molar-refractivity contribution < 1.29 is 4.79 Å². The third-order valence-corrected chi connectivity index (χ3v) is 5.29. The fourth-order valence-corrected chi connectivity index (χ4v) is 3.51. The summed E-state index contributed by atoms with van der Waals surface area (Å²) < 4.78 is 0. The van der Waals surface area contributed by atoms with Crippen molar-refractivity contribution in [1.29, 1.82) is 0 Å². The molecule has 0 saturated carbocycles. The Hall–Kier alpha value is -0.590. The van der Waals surface area contributed by atoms with Gasteiger partial charge in [-0.3, -0.25) is 0 Å². The molecule has 0 fully saturated rings. The molecule has 0 rings (SSSR count). The molecule has 0 amide bonds. The minimum absolute atomic E-state index is 0.346. The van der Waals surface area contributed by atoms with E-state index < -0.39 is 0 Å². The number of unbranched alkanes of at least 4 members (excludes halogenated alkanes) is 17. The third kappa shape index (κ3) is 23.4. The van der Waals surface area contributed by atoms with Crippen molar-refractivity contribution in [2.75, 3.05) is 0 Å². The predicted octanol–water partition coefficient (Wildman–Crippen LogP) is 8.95. The van der Waals surface area contributed by atoms with Crippen molar-refractivity contribution in [3.05, 3.63) is 12.2 Å². The molecule has 0 aliphatic heterocycles. The molecule has 0 saturated heterocycles. The van der Waals surface area contributed by atoms with E-state index in [1.807, 2.05) is 0 Å². The Morgan fingerprint density at radius 1 is 0.538 bits per heavy atom. The van der Waals surface area contributed by atoms with Crippen molar-refractivity contribution in [3.63, 3.8) is 0 Å². The third-order valence-electron chi connectivity index (χ3n) is 5.29. The lowest BCUT2D eigenvalue weighted by Crippen LogP contribution is -1.89. The molecular weight excluding hydrogens is 316 g/mol. The molecule has 1 nitrogen and oxygen atoms in total. The molecule has 0 heterocycles. The van der Waals surface area contributed by atoms with Crippen LogP contribution in [-0.4, -0.2) is 5.78 Å². The van der Waals surface area contributed by atoms with Gasteiger partial charge in [-0.25, -0.2) is 0 Å². The highest BCUT2D eigenvalue weighted by atomic mass is 16.1. The van der Waals surface area contributed by atoms with E-state index >= 15 is 0 Å². The van der Waals surface area contributed by atoms with Crippen molar-refractivity contribution in [1.82, 2.24) is 0 Å². The molecule has 0 unspecified atom stereocenters. The van der Waals surface area contributed by atoms with Gasteiger partial charge in [0, 0.05) is 6.42 Å². The highest BCUT2D eigenvalue weighted by Crippen LogP contribution is 2.13. The molecule has 0 N–H and O–H groups in total. The van der Waals surface area contributed by atoms with Gasteiger partial charge in [0.2, 0.25) is 0 Å². The molecule has 0 atom stereocenters. The zero-order valence-electron chi connectivity index (χ0n) is 18.2. The van der Waals surface area contributed by atoms with E-state index in [2.05, 4.69) is 19.1 Å². The second-order valence-electron chi connectivity index (χ2n) is 8.16. The van der Waals surface area contributed by atoms with Gasteiger partial charge in [-0.05, 0) is 39.0 Å². The van der Waals surface area contributed by atoms with E-state index in [1.54, 1.807) is 6.92 Å². The summed E-state index contributed by atoms with van der Waals surface area (Å²) in [4.78, 5) is 10.8. The van der Waals surface area contributed by atoms with Crippen LogP contribution in [0.1, 0.15) is 142 Å². The van der Waals surface area contributed by atoms with Gasteiger partial charge < -0.3 is 4.79 Å². The summed E-state index contributed by atoms with van der Waals surface area (Å²) in [5, 5.41) is 0. The van der Waals surface area contributed by atoms with E-state index in [9.17, 15) is 4.79 Å². The summed E-state index contributed by atoms with van der Waals surface area (Å²) in [6.45, 7) is 3.98. The summed E-state index contributed by atoms with van der Waals surface area (Å²) >= 11 is 0. The molecular formula is C25H48O. The van der Waals surface area contributed by atoms with Crippen molar-refractivity contribution in [2.45, 2.75) is 142 Å². The average molecular weight is 365 g/mol. The van der Waals surface area contributed by atoms with Crippen LogP contribution in [0.3, 0.4) is 0 Å². The van der Waals surface area contributed by atoms with Crippen LogP contribution in [0.25, 0.3) is 0 Å². The van der Waals surface area contributed by atoms with E-state index in [4.69, 9.17) is 0 Å². The van der Waals surface area contributed by atoms with E-state index in [1.165, 1.54) is 116 Å². The van der Waals surface area contributed by atoms with Crippen LogP contribution in [0.15, 0.2) is 12.2 Å². The highest BCUT2D eigenvalue weighted by molar-refractivity contribution is 5.75. The maximum Gasteiger partial charge on any atom is 0.129 e. The Morgan fingerprint density at radius 2 is 0.885 bits per heavy atom. The fraction of sp³-hybridized carbons (Fsp3) is 0.880. The Balaban J connectivity index is 3.06. The first kappa shape index (κ1) is 25.4. The van der Waals surface area contributed by atoms with E-state index in [-0.39, 0.29) is 0 Å². The summed E-state index contributed by atoms with van der Waals surface area (Å²) in [6.07, 6.45) is 31.5. The molecule has 0 aromatic carbocycles. The molecule has 154 valence electrons. The van der Waals surface area contributed by atoms with Gasteiger partial charge in [0.25, 0.3) is 0 Å². The molecule has 0 bridgehead atoms. The van der Waals surface area contributed by atoms with Crippen LogP contribution in [0.4, 0.5) is 0 Å². The van der Waals surface area contributed by atoms with Gasteiger partial charge in [0.15, 0.2) is 0 Å². The van der Waals surface area contributed by atoms with Crippen LogP contribution in [-0.2, 0) is 4.79 Å². The highest BCUT2D eigenvalue weighted by Gasteiger charge is 1.95. The maximum absolute atomic E-state index is 10.8. The molecule has 26 heavy (non-hydrogen) atoms. The summed E-state index contributed by atoms with van der Waals surface area (Å²) in [5.41, 5.74) is 0. The Bertz CT molecular complexity index is 305. The minimum Gasteiger partial charge on any atom is -0.300 e. The van der Waals surface area contributed by atoms with Gasteiger partial charge in [0.1, 0.15) is 5.78 Å². The topological polar surface area (TPSA) is 17.1 Å². The van der Waals surface area contributed by atoms with Crippen LogP contribution in [0, 0.1) is 0 Å². The molecule has 1 heteroatoms. The largest absolute Gasteiger partial charge is 0.300 e. The van der Waals surface area contributed by atoms with Gasteiger partial charge in [-0.2, -0.15) is 0 Å². The number of rotatable bonds is 21. The Labute approximate surface area is 165 Å². The number of ketones is 1. The van der Waals surface area contributed by atoms with E-state index in [0.717, 1.165) is 12.8 Å². The van der Waals surface area contributed by atoms with Crippen molar-refractivity contribution in [3.8, 4) is 0 Å². The summed E-state index contributed by atoms with van der Waals surface area (Å²) in [7, 11) is 0. The Kier molecular flexibility index (Phi) is 21.9. The number of allylic oxidation sites excluding steroid dienone is 2. The van der Waals surface area contributed by atoms with Crippen molar-refractivity contribution in [2.24, 2.45) is 0 Å². The standard InChI is InChI=1S/C25H48O/c1-3-4-5-6-7-8-9-10-11-12-13-14-15-16-17-18-19-20-21-22-23-24-25(2)26/h10-11H,3-9,12-24H2,1-2H3/b11-10-. The minimum atomic E-state index is 0.346. The van der Waals surface area contributed by atoms with Crippen LogP contribution in [0.5, 0.6) is 0 Å². The van der Waals surface area contributed by atoms with E-state index in [0.29, 0.717) is 5.78 Å². The monoisotopic (exact) mass is 364 g/mol. The first-order valence-electron chi connectivity index (χ1n) is 11.9. The number of carbonyl (C=O) groups is 1. The lowest BCUT2D eigenvalue weighted by Gasteiger charge is -2.02. The summed E-state index contributed by atoms with van der Waals surface area (Å²) in [6, 6.07) is 0. The smallest absolute Gasteiger partial charge is 0.129 e. The predicted molar refractivity (Wildman–Crippen MR) is 118 cm³/mol. The molecule has 0 aromatic rings. The Morgan fingerprint density at radius 3 is 1.27 bits per heavy atom.